The number of hydrogen-bond donors (Lipinski definition) is 1. The van der Waals surface area contributed by atoms with Crippen molar-refractivity contribution >= 4 is 17.6 Å². The van der Waals surface area contributed by atoms with Crippen LogP contribution in [0, 0.1) is 0 Å². The molecule has 1 saturated heterocycles. The molecule has 0 bridgehead atoms. The molecule has 1 heterocycles. The van der Waals surface area contributed by atoms with Gasteiger partial charge in [0.25, 0.3) is 0 Å². The maximum Gasteiger partial charge on any atom is 0.471 e. The number of carboxylic acid groups (broad SMARTS) is 1. The first kappa shape index (κ1) is 15.1. The molecule has 0 aliphatic carbocycles. The van der Waals surface area contributed by atoms with E-state index in [1.165, 1.54) is 12.1 Å². The number of carboxylic acids is 1. The Labute approximate surface area is 118 Å². The number of amides is 1. The zero-order valence-corrected chi connectivity index (χ0v) is 10.9. The number of carbonyl (C=O) groups excluding carboxylic acids is 1. The maximum absolute atomic E-state index is 12.3. The van der Waals surface area contributed by atoms with E-state index in [2.05, 4.69) is 0 Å². The van der Waals surface area contributed by atoms with Crippen LogP contribution in [0.1, 0.15) is 10.4 Å². The fourth-order valence-electron chi connectivity index (χ4n) is 2.16. The van der Waals surface area contributed by atoms with Gasteiger partial charge in [-0.05, 0) is 24.3 Å². The van der Waals surface area contributed by atoms with Gasteiger partial charge in [0.2, 0.25) is 0 Å². The van der Waals surface area contributed by atoms with Crippen LogP contribution in [0.4, 0.5) is 18.9 Å². The molecule has 0 saturated carbocycles. The molecule has 5 nitrogen and oxygen atoms in total. The lowest BCUT2D eigenvalue weighted by Gasteiger charge is -2.36. The van der Waals surface area contributed by atoms with Gasteiger partial charge in [0, 0.05) is 31.9 Å². The average molecular weight is 302 g/mol. The van der Waals surface area contributed by atoms with Crippen LogP contribution in [0.5, 0.6) is 0 Å². The first-order chi connectivity index (χ1) is 9.79. The van der Waals surface area contributed by atoms with E-state index in [1.54, 1.807) is 12.1 Å². The predicted molar refractivity (Wildman–Crippen MR) is 68.2 cm³/mol. The summed E-state index contributed by atoms with van der Waals surface area (Å²) in [4.78, 5) is 24.4. The third-order valence-corrected chi connectivity index (χ3v) is 3.29. The number of rotatable bonds is 2. The van der Waals surface area contributed by atoms with Crippen LogP contribution in [-0.2, 0) is 4.79 Å². The van der Waals surface area contributed by atoms with Gasteiger partial charge in [0.15, 0.2) is 0 Å². The highest BCUT2D eigenvalue weighted by Gasteiger charge is 2.43. The number of piperazine rings is 1. The van der Waals surface area contributed by atoms with Gasteiger partial charge in [-0.2, -0.15) is 13.2 Å². The molecule has 114 valence electrons. The van der Waals surface area contributed by atoms with Gasteiger partial charge < -0.3 is 14.9 Å². The topological polar surface area (TPSA) is 60.9 Å². The molecule has 1 aliphatic heterocycles. The highest BCUT2D eigenvalue weighted by Crippen LogP contribution is 2.22. The van der Waals surface area contributed by atoms with Crippen LogP contribution < -0.4 is 4.90 Å². The SMILES string of the molecule is O=C(O)c1ccc(N2CCN(C(=O)C(F)(F)F)CC2)cc1. The second-order valence-corrected chi connectivity index (χ2v) is 4.63. The Hall–Kier alpha value is -2.25. The molecular weight excluding hydrogens is 289 g/mol. The predicted octanol–water partition coefficient (Wildman–Crippen LogP) is 1.60. The number of alkyl halides is 3. The second kappa shape index (κ2) is 5.63. The van der Waals surface area contributed by atoms with Crippen molar-refractivity contribution in [2.24, 2.45) is 0 Å². The van der Waals surface area contributed by atoms with Crippen LogP contribution in [0.2, 0.25) is 0 Å². The van der Waals surface area contributed by atoms with E-state index in [1.807, 2.05) is 4.90 Å². The molecule has 1 aromatic carbocycles. The summed E-state index contributed by atoms with van der Waals surface area (Å²) in [7, 11) is 0. The lowest BCUT2D eigenvalue weighted by Crippen LogP contribution is -2.52. The number of anilines is 1. The van der Waals surface area contributed by atoms with Crippen LogP contribution in [-0.4, -0.2) is 54.2 Å². The largest absolute Gasteiger partial charge is 0.478 e. The monoisotopic (exact) mass is 302 g/mol. The van der Waals surface area contributed by atoms with Crippen LogP contribution in [0.3, 0.4) is 0 Å². The van der Waals surface area contributed by atoms with E-state index in [0.717, 1.165) is 10.6 Å². The van der Waals surface area contributed by atoms with E-state index in [9.17, 15) is 22.8 Å². The molecule has 0 unspecified atom stereocenters. The first-order valence-electron chi connectivity index (χ1n) is 6.23. The molecule has 0 spiro atoms. The molecule has 1 aromatic rings. The van der Waals surface area contributed by atoms with Crippen molar-refractivity contribution in [1.29, 1.82) is 0 Å². The zero-order valence-electron chi connectivity index (χ0n) is 10.9. The fraction of sp³-hybridized carbons (Fsp3) is 0.385. The Morgan fingerprint density at radius 2 is 1.52 bits per heavy atom. The highest BCUT2D eigenvalue weighted by atomic mass is 19.4. The molecule has 0 aromatic heterocycles. The van der Waals surface area contributed by atoms with Crippen molar-refractivity contribution < 1.29 is 27.9 Å². The molecule has 1 aliphatic rings. The number of carbonyl (C=O) groups is 2. The number of nitrogens with zero attached hydrogens (tertiary/aromatic N) is 2. The van der Waals surface area contributed by atoms with E-state index in [0.29, 0.717) is 0 Å². The van der Waals surface area contributed by atoms with Crippen molar-refractivity contribution in [3.8, 4) is 0 Å². The summed E-state index contributed by atoms with van der Waals surface area (Å²) >= 11 is 0. The van der Waals surface area contributed by atoms with Gasteiger partial charge in [-0.25, -0.2) is 4.79 Å². The Balaban J connectivity index is 1.98. The van der Waals surface area contributed by atoms with Crippen LogP contribution in [0.15, 0.2) is 24.3 Å². The lowest BCUT2D eigenvalue weighted by molar-refractivity contribution is -0.185. The van der Waals surface area contributed by atoms with Gasteiger partial charge in [-0.3, -0.25) is 4.79 Å². The third kappa shape index (κ3) is 3.45. The number of benzene rings is 1. The van der Waals surface area contributed by atoms with Gasteiger partial charge in [-0.1, -0.05) is 0 Å². The van der Waals surface area contributed by atoms with Crippen molar-refractivity contribution in [1.82, 2.24) is 4.90 Å². The molecule has 0 radical (unpaired) electrons. The smallest absolute Gasteiger partial charge is 0.471 e. The fourth-order valence-corrected chi connectivity index (χ4v) is 2.16. The molecule has 8 heteroatoms. The van der Waals surface area contributed by atoms with Crippen LogP contribution in [0.25, 0.3) is 0 Å². The molecule has 21 heavy (non-hydrogen) atoms. The lowest BCUT2D eigenvalue weighted by atomic mass is 10.2. The molecule has 0 atom stereocenters. The summed E-state index contributed by atoms with van der Waals surface area (Å²) in [6, 6.07) is 6.07. The summed E-state index contributed by atoms with van der Waals surface area (Å²) in [6.45, 7) is 0.514. The van der Waals surface area contributed by atoms with Crippen molar-refractivity contribution in [3.63, 3.8) is 0 Å². The minimum Gasteiger partial charge on any atom is -0.478 e. The van der Waals surface area contributed by atoms with Gasteiger partial charge in [-0.15, -0.1) is 0 Å². The average Bonchev–Trinajstić information content (AvgIpc) is 2.46. The number of halogens is 3. The van der Waals surface area contributed by atoms with E-state index >= 15 is 0 Å². The Kier molecular flexibility index (Phi) is 4.06. The Bertz CT molecular complexity index is 535. The van der Waals surface area contributed by atoms with E-state index in [4.69, 9.17) is 5.11 Å². The summed E-state index contributed by atoms with van der Waals surface area (Å²) < 4.78 is 36.9. The summed E-state index contributed by atoms with van der Waals surface area (Å²) in [6.07, 6.45) is -4.84. The quantitative estimate of drug-likeness (QED) is 0.901. The summed E-state index contributed by atoms with van der Waals surface area (Å²) in [5.41, 5.74) is 0.865. The van der Waals surface area contributed by atoms with E-state index < -0.39 is 18.1 Å². The molecule has 1 fully saturated rings. The highest BCUT2D eigenvalue weighted by molar-refractivity contribution is 5.88. The number of hydrogen-bond acceptors (Lipinski definition) is 3. The Morgan fingerprint density at radius 3 is 1.95 bits per heavy atom. The first-order valence-corrected chi connectivity index (χ1v) is 6.23. The zero-order chi connectivity index (χ0) is 15.6. The minimum absolute atomic E-state index is 0.0149. The minimum atomic E-state index is -4.84. The van der Waals surface area contributed by atoms with Gasteiger partial charge >= 0.3 is 18.1 Å². The maximum atomic E-state index is 12.3. The van der Waals surface area contributed by atoms with Crippen molar-refractivity contribution in [2.45, 2.75) is 6.18 Å². The molecule has 2 rings (SSSR count). The summed E-state index contributed by atoms with van der Waals surface area (Å²) in [5, 5.41) is 8.79. The van der Waals surface area contributed by atoms with Gasteiger partial charge in [0.05, 0.1) is 5.56 Å². The van der Waals surface area contributed by atoms with Crippen molar-refractivity contribution in [3.05, 3.63) is 29.8 Å². The molecule has 1 N–H and O–H groups in total. The van der Waals surface area contributed by atoms with E-state index in [-0.39, 0.29) is 31.7 Å². The molecular formula is C13H13F3N2O3. The summed E-state index contributed by atoms with van der Waals surface area (Å²) in [5.74, 6) is -2.86. The standard InChI is InChI=1S/C13H13F3N2O3/c14-13(15,16)12(21)18-7-5-17(6-8-18)10-3-1-9(2-4-10)11(19)20/h1-4H,5-8H2,(H,19,20). The molecule has 1 amide bonds. The second-order valence-electron chi connectivity index (χ2n) is 4.63. The number of aromatic carboxylic acids is 1. The van der Waals surface area contributed by atoms with Crippen LogP contribution >= 0.6 is 0 Å². The third-order valence-electron chi connectivity index (χ3n) is 3.29. The van der Waals surface area contributed by atoms with Gasteiger partial charge in [0.1, 0.15) is 0 Å². The Morgan fingerprint density at radius 1 is 1.00 bits per heavy atom. The normalized spacial score (nSPS) is 16.0. The van der Waals surface area contributed by atoms with Crippen molar-refractivity contribution in [2.75, 3.05) is 31.1 Å².